The Labute approximate surface area is 206 Å². The third-order valence-corrected chi connectivity index (χ3v) is 5.73. The van der Waals surface area contributed by atoms with Crippen LogP contribution in [0.15, 0.2) is 59.5 Å². The van der Waals surface area contributed by atoms with Crippen LogP contribution < -0.4 is 10.3 Å². The monoisotopic (exact) mass is 496 g/mol. The van der Waals surface area contributed by atoms with Gasteiger partial charge in [0, 0.05) is 35.1 Å². The molecule has 0 aliphatic heterocycles. The summed E-state index contributed by atoms with van der Waals surface area (Å²) in [6.45, 7) is 1.30. The molecule has 0 saturated carbocycles. The number of carboxylic acid groups (broad SMARTS) is 1. The van der Waals surface area contributed by atoms with Crippen molar-refractivity contribution < 1.29 is 23.8 Å². The Morgan fingerprint density at radius 3 is 2.43 bits per heavy atom. The number of ketones is 1. The SMILES string of the molecule is COc1cn(C(CC(C)F)C(=O)Cc2ccc(C(=O)O)cc2)c(=O)cc1-c1cc(Cl)ccc1C#N. The second-order valence-corrected chi connectivity index (χ2v) is 8.42. The lowest BCUT2D eigenvalue weighted by Crippen LogP contribution is -2.32. The van der Waals surface area contributed by atoms with Gasteiger partial charge >= 0.3 is 5.97 Å². The molecule has 0 aliphatic carbocycles. The van der Waals surface area contributed by atoms with Crippen LogP contribution in [-0.4, -0.2) is 34.7 Å². The van der Waals surface area contributed by atoms with Crippen molar-refractivity contribution in [1.29, 1.82) is 5.26 Å². The molecular weight excluding hydrogens is 475 g/mol. The molecule has 2 unspecified atom stereocenters. The molecule has 0 amide bonds. The zero-order valence-electron chi connectivity index (χ0n) is 19.0. The smallest absolute Gasteiger partial charge is 0.335 e. The highest BCUT2D eigenvalue weighted by atomic mass is 35.5. The summed E-state index contributed by atoms with van der Waals surface area (Å²) >= 11 is 6.09. The number of benzene rings is 2. The zero-order chi connectivity index (χ0) is 25.7. The van der Waals surface area contributed by atoms with Crippen LogP contribution in [0.1, 0.15) is 40.9 Å². The number of hydrogen-bond acceptors (Lipinski definition) is 5. The second kappa shape index (κ2) is 11.0. The van der Waals surface area contributed by atoms with E-state index in [4.69, 9.17) is 21.4 Å². The Balaban J connectivity index is 2.04. The van der Waals surface area contributed by atoms with Crippen LogP contribution in [0.3, 0.4) is 0 Å². The predicted octanol–water partition coefficient (Wildman–Crippen LogP) is 4.85. The van der Waals surface area contributed by atoms with Gasteiger partial charge in [-0.3, -0.25) is 9.59 Å². The number of nitrogens with zero attached hydrogens (tertiary/aromatic N) is 2. The molecule has 1 aromatic heterocycles. The number of Topliss-reactive ketones (excluding diaryl/α,β-unsaturated/α-hetero) is 1. The van der Waals surface area contributed by atoms with Gasteiger partial charge in [0.05, 0.1) is 42.7 Å². The Kier molecular flexibility index (Phi) is 8.05. The molecule has 180 valence electrons. The molecule has 0 fully saturated rings. The number of carbonyl (C=O) groups excluding carboxylic acids is 1. The van der Waals surface area contributed by atoms with Crippen molar-refractivity contribution in [3.05, 3.63) is 86.8 Å². The second-order valence-electron chi connectivity index (χ2n) is 7.98. The van der Waals surface area contributed by atoms with E-state index in [1.165, 1.54) is 62.7 Å². The molecule has 0 bridgehead atoms. The van der Waals surface area contributed by atoms with Gasteiger partial charge in [0.1, 0.15) is 5.75 Å². The van der Waals surface area contributed by atoms with E-state index in [9.17, 15) is 24.0 Å². The minimum absolute atomic E-state index is 0.0735. The fourth-order valence-electron chi connectivity index (χ4n) is 3.77. The number of halogens is 2. The molecule has 2 aromatic carbocycles. The first kappa shape index (κ1) is 25.7. The minimum Gasteiger partial charge on any atom is -0.495 e. The quantitative estimate of drug-likeness (QED) is 0.453. The van der Waals surface area contributed by atoms with Crippen molar-refractivity contribution in [1.82, 2.24) is 4.57 Å². The van der Waals surface area contributed by atoms with Crippen molar-refractivity contribution in [2.75, 3.05) is 7.11 Å². The standard InChI is InChI=1S/C26H22ClFN2O5/c1-15(28)9-22(23(31)10-16-3-5-17(6-4-16)26(33)34)30-14-24(35-2)21(12-25(30)32)20-11-19(27)8-7-18(20)13-29/h3-8,11-12,14-15,22H,9-10H2,1-2H3,(H,33,34). The zero-order valence-corrected chi connectivity index (χ0v) is 19.8. The molecule has 1 N–H and O–H groups in total. The van der Waals surface area contributed by atoms with E-state index in [1.807, 2.05) is 6.07 Å². The molecule has 35 heavy (non-hydrogen) atoms. The van der Waals surface area contributed by atoms with Crippen molar-refractivity contribution in [3.63, 3.8) is 0 Å². The molecule has 3 aromatic rings. The van der Waals surface area contributed by atoms with Gasteiger partial charge in [-0.1, -0.05) is 23.7 Å². The maximum absolute atomic E-state index is 14.1. The molecule has 0 aliphatic rings. The van der Waals surface area contributed by atoms with Crippen molar-refractivity contribution >= 4 is 23.4 Å². The summed E-state index contributed by atoms with van der Waals surface area (Å²) in [6, 6.07) is 12.5. The van der Waals surface area contributed by atoms with Crippen LogP contribution >= 0.6 is 11.6 Å². The van der Waals surface area contributed by atoms with Crippen LogP contribution in [0.25, 0.3) is 11.1 Å². The summed E-state index contributed by atoms with van der Waals surface area (Å²) in [4.78, 5) is 37.3. The first-order valence-corrected chi connectivity index (χ1v) is 11.0. The van der Waals surface area contributed by atoms with Crippen molar-refractivity contribution in [2.24, 2.45) is 0 Å². The topological polar surface area (TPSA) is 109 Å². The molecular formula is C26H22ClFN2O5. The fourth-order valence-corrected chi connectivity index (χ4v) is 3.95. The number of aromatic nitrogens is 1. The number of carbonyl (C=O) groups is 2. The van der Waals surface area contributed by atoms with Crippen LogP contribution in [0, 0.1) is 11.3 Å². The third kappa shape index (κ3) is 5.94. The van der Waals surface area contributed by atoms with Gasteiger partial charge in [0.25, 0.3) is 5.56 Å². The van der Waals surface area contributed by atoms with Crippen LogP contribution in [0.2, 0.25) is 5.02 Å². The van der Waals surface area contributed by atoms with Gasteiger partial charge in [-0.05, 0) is 42.8 Å². The highest BCUT2D eigenvalue weighted by Crippen LogP contribution is 2.34. The normalized spacial score (nSPS) is 12.4. The number of nitriles is 1. The summed E-state index contributed by atoms with van der Waals surface area (Å²) in [5.41, 5.74) is 1.01. The molecule has 9 heteroatoms. The number of methoxy groups -OCH3 is 1. The predicted molar refractivity (Wildman–Crippen MR) is 129 cm³/mol. The van der Waals surface area contributed by atoms with Crippen LogP contribution in [0.4, 0.5) is 4.39 Å². The first-order chi connectivity index (χ1) is 16.6. The first-order valence-electron chi connectivity index (χ1n) is 10.6. The van der Waals surface area contributed by atoms with E-state index in [0.717, 1.165) is 4.57 Å². The number of aromatic carboxylic acids is 1. The molecule has 0 radical (unpaired) electrons. The summed E-state index contributed by atoms with van der Waals surface area (Å²) < 4.78 is 20.6. The number of hydrogen-bond donors (Lipinski definition) is 1. The van der Waals surface area contributed by atoms with Gasteiger partial charge in [-0.2, -0.15) is 5.26 Å². The Bertz CT molecular complexity index is 1360. The van der Waals surface area contributed by atoms with Gasteiger partial charge < -0.3 is 14.4 Å². The van der Waals surface area contributed by atoms with Crippen molar-refractivity contribution in [2.45, 2.75) is 32.0 Å². The average Bonchev–Trinajstić information content (AvgIpc) is 2.82. The summed E-state index contributed by atoms with van der Waals surface area (Å²) in [6.07, 6.45) is -0.414. The van der Waals surface area contributed by atoms with Gasteiger partial charge in [0.15, 0.2) is 5.78 Å². The van der Waals surface area contributed by atoms with Gasteiger partial charge in [-0.25, -0.2) is 9.18 Å². The van der Waals surface area contributed by atoms with E-state index < -0.39 is 29.5 Å². The van der Waals surface area contributed by atoms with Gasteiger partial charge in [-0.15, -0.1) is 0 Å². The highest BCUT2D eigenvalue weighted by Gasteiger charge is 2.26. The Morgan fingerprint density at radius 2 is 1.86 bits per heavy atom. The lowest BCUT2D eigenvalue weighted by atomic mass is 9.97. The number of pyridine rings is 1. The fraction of sp³-hybridized carbons (Fsp3) is 0.231. The lowest BCUT2D eigenvalue weighted by Gasteiger charge is -2.21. The van der Waals surface area contributed by atoms with E-state index in [2.05, 4.69) is 0 Å². The number of ether oxygens (including phenoxy) is 1. The molecule has 3 rings (SSSR count). The molecule has 0 spiro atoms. The van der Waals surface area contributed by atoms with Crippen molar-refractivity contribution in [3.8, 4) is 22.9 Å². The average molecular weight is 497 g/mol. The summed E-state index contributed by atoms with van der Waals surface area (Å²) in [5.74, 6) is -1.31. The maximum Gasteiger partial charge on any atom is 0.335 e. The number of alkyl halides is 1. The molecule has 7 nitrogen and oxygen atoms in total. The molecule has 1 heterocycles. The highest BCUT2D eigenvalue weighted by molar-refractivity contribution is 6.31. The van der Waals surface area contributed by atoms with E-state index in [-0.39, 0.29) is 29.7 Å². The number of rotatable bonds is 9. The maximum atomic E-state index is 14.1. The van der Waals surface area contributed by atoms with E-state index >= 15 is 0 Å². The largest absolute Gasteiger partial charge is 0.495 e. The molecule has 0 saturated heterocycles. The van der Waals surface area contributed by atoms with Gasteiger partial charge in [0.2, 0.25) is 0 Å². The summed E-state index contributed by atoms with van der Waals surface area (Å²) in [5, 5.41) is 18.9. The van der Waals surface area contributed by atoms with E-state index in [1.54, 1.807) is 6.07 Å². The van der Waals surface area contributed by atoms with Crippen LogP contribution in [0.5, 0.6) is 5.75 Å². The lowest BCUT2D eigenvalue weighted by molar-refractivity contribution is -0.122. The minimum atomic E-state index is -1.38. The summed E-state index contributed by atoms with van der Waals surface area (Å²) in [7, 11) is 1.38. The Morgan fingerprint density at radius 1 is 1.17 bits per heavy atom. The molecule has 2 atom stereocenters. The van der Waals surface area contributed by atoms with E-state index in [0.29, 0.717) is 21.7 Å². The number of carboxylic acids is 1. The third-order valence-electron chi connectivity index (χ3n) is 5.49. The van der Waals surface area contributed by atoms with Crippen LogP contribution in [-0.2, 0) is 11.2 Å². The Hall–Kier alpha value is -3.96.